The van der Waals surface area contributed by atoms with E-state index in [1.54, 1.807) is 6.20 Å². The molecule has 0 radical (unpaired) electrons. The number of ether oxygens (including phenoxy) is 1. The summed E-state index contributed by atoms with van der Waals surface area (Å²) in [5, 5.41) is 4.25. The van der Waals surface area contributed by atoms with Crippen LogP contribution in [0.1, 0.15) is 52.6 Å². The number of hydrogen-bond acceptors (Lipinski definition) is 5. The lowest BCUT2D eigenvalue weighted by Crippen LogP contribution is -2.49. The third kappa shape index (κ3) is 4.08. The van der Waals surface area contributed by atoms with Crippen LogP contribution in [0.5, 0.6) is 0 Å². The number of esters is 1. The molecule has 3 atom stereocenters. The highest BCUT2D eigenvalue weighted by Crippen LogP contribution is 2.36. The zero-order valence-electron chi connectivity index (χ0n) is 16.4. The SMILES string of the molecule is COC(=O)[C@H](C(C)C)N(C=O)C(c1cc[nH]c1)C1CC(C(C)(C)C)=NO1. The molecule has 1 amide bonds. The van der Waals surface area contributed by atoms with E-state index in [1.165, 1.54) is 12.0 Å². The Morgan fingerprint density at radius 2 is 2.15 bits per heavy atom. The van der Waals surface area contributed by atoms with Gasteiger partial charge in [0.25, 0.3) is 0 Å². The average Bonchev–Trinajstić information content (AvgIpc) is 3.25. The molecule has 7 nitrogen and oxygen atoms in total. The van der Waals surface area contributed by atoms with Crippen LogP contribution in [0.15, 0.2) is 23.6 Å². The molecule has 2 unspecified atom stereocenters. The molecule has 0 saturated heterocycles. The molecule has 2 rings (SSSR count). The van der Waals surface area contributed by atoms with Crippen LogP contribution >= 0.6 is 0 Å². The molecule has 0 saturated carbocycles. The van der Waals surface area contributed by atoms with E-state index in [0.29, 0.717) is 12.8 Å². The maximum atomic E-state index is 12.4. The molecule has 0 aromatic carbocycles. The van der Waals surface area contributed by atoms with Crippen molar-refractivity contribution in [1.29, 1.82) is 0 Å². The van der Waals surface area contributed by atoms with Gasteiger partial charge in [0.05, 0.1) is 18.9 Å². The van der Waals surface area contributed by atoms with Crippen molar-refractivity contribution < 1.29 is 19.2 Å². The Hall–Kier alpha value is -2.31. The Balaban J connectivity index is 2.39. The first-order chi connectivity index (χ1) is 12.2. The number of carbonyl (C=O) groups excluding carboxylic acids is 2. The Morgan fingerprint density at radius 3 is 2.58 bits per heavy atom. The number of rotatable bonds is 7. The number of oxime groups is 1. The number of amides is 1. The summed E-state index contributed by atoms with van der Waals surface area (Å²) >= 11 is 0. The monoisotopic (exact) mass is 363 g/mol. The molecule has 0 fully saturated rings. The molecule has 1 aromatic heterocycles. The largest absolute Gasteiger partial charge is 0.467 e. The van der Waals surface area contributed by atoms with Gasteiger partial charge in [-0.15, -0.1) is 0 Å². The summed E-state index contributed by atoms with van der Waals surface area (Å²) in [7, 11) is 1.33. The molecule has 144 valence electrons. The van der Waals surface area contributed by atoms with Gasteiger partial charge in [0.2, 0.25) is 6.41 Å². The Morgan fingerprint density at radius 1 is 1.46 bits per heavy atom. The van der Waals surface area contributed by atoms with Gasteiger partial charge >= 0.3 is 5.97 Å². The summed E-state index contributed by atoms with van der Waals surface area (Å²) in [4.78, 5) is 34.7. The van der Waals surface area contributed by atoms with E-state index in [4.69, 9.17) is 9.57 Å². The molecule has 26 heavy (non-hydrogen) atoms. The molecule has 2 heterocycles. The minimum absolute atomic E-state index is 0.113. The number of methoxy groups -OCH3 is 1. The fourth-order valence-corrected chi connectivity index (χ4v) is 3.27. The highest BCUT2D eigenvalue weighted by Gasteiger charge is 2.43. The molecular formula is C19H29N3O4. The van der Waals surface area contributed by atoms with Gasteiger partial charge in [-0.3, -0.25) is 4.79 Å². The normalized spacial score (nSPS) is 19.5. The van der Waals surface area contributed by atoms with Crippen LogP contribution in [0.2, 0.25) is 0 Å². The molecular weight excluding hydrogens is 334 g/mol. The van der Waals surface area contributed by atoms with Crippen molar-refractivity contribution in [3.63, 3.8) is 0 Å². The van der Waals surface area contributed by atoms with Crippen LogP contribution < -0.4 is 0 Å². The first kappa shape index (κ1) is 20.0. The maximum absolute atomic E-state index is 12.4. The fraction of sp³-hybridized carbons (Fsp3) is 0.632. The number of nitrogens with one attached hydrogen (secondary N) is 1. The lowest BCUT2D eigenvalue weighted by Gasteiger charge is -2.37. The molecule has 0 spiro atoms. The second-order valence-electron chi connectivity index (χ2n) is 7.99. The average molecular weight is 363 g/mol. The summed E-state index contributed by atoms with van der Waals surface area (Å²) in [6.45, 7) is 10.0. The maximum Gasteiger partial charge on any atom is 0.328 e. The molecule has 1 aromatic rings. The first-order valence-electron chi connectivity index (χ1n) is 8.87. The van der Waals surface area contributed by atoms with E-state index in [-0.39, 0.29) is 17.4 Å². The summed E-state index contributed by atoms with van der Waals surface area (Å²) in [5.41, 5.74) is 1.68. The van der Waals surface area contributed by atoms with Gasteiger partial charge in [-0.2, -0.15) is 0 Å². The van der Waals surface area contributed by atoms with Crippen molar-refractivity contribution >= 4 is 18.1 Å². The summed E-state index contributed by atoms with van der Waals surface area (Å²) in [6.07, 6.45) is 4.53. The van der Waals surface area contributed by atoms with Gasteiger partial charge in [-0.1, -0.05) is 39.8 Å². The summed E-state index contributed by atoms with van der Waals surface area (Å²) < 4.78 is 4.95. The number of H-pyrrole nitrogens is 1. The molecule has 1 aliphatic heterocycles. The molecule has 1 aliphatic rings. The van der Waals surface area contributed by atoms with Crippen molar-refractivity contribution in [2.75, 3.05) is 7.11 Å². The second-order valence-corrected chi connectivity index (χ2v) is 7.99. The van der Waals surface area contributed by atoms with Crippen LogP contribution in [-0.4, -0.2) is 47.2 Å². The number of carbonyl (C=O) groups is 2. The van der Waals surface area contributed by atoms with Crippen molar-refractivity contribution in [1.82, 2.24) is 9.88 Å². The van der Waals surface area contributed by atoms with E-state index in [0.717, 1.165) is 11.3 Å². The zero-order valence-corrected chi connectivity index (χ0v) is 16.4. The van der Waals surface area contributed by atoms with Gasteiger partial charge in [-0.25, -0.2) is 4.79 Å². The highest BCUT2D eigenvalue weighted by atomic mass is 16.6. The third-order valence-electron chi connectivity index (χ3n) is 4.71. The molecule has 1 N–H and O–H groups in total. The van der Waals surface area contributed by atoms with Crippen molar-refractivity contribution in [2.45, 2.75) is 59.2 Å². The van der Waals surface area contributed by atoms with E-state index >= 15 is 0 Å². The number of aromatic amines is 1. The van der Waals surface area contributed by atoms with Crippen molar-refractivity contribution in [2.24, 2.45) is 16.5 Å². The van der Waals surface area contributed by atoms with E-state index < -0.39 is 18.1 Å². The van der Waals surface area contributed by atoms with Gasteiger partial charge in [-0.05, 0) is 17.5 Å². The highest BCUT2D eigenvalue weighted by molar-refractivity contribution is 5.90. The molecule has 0 bridgehead atoms. The minimum Gasteiger partial charge on any atom is -0.467 e. The number of aromatic nitrogens is 1. The van der Waals surface area contributed by atoms with Crippen LogP contribution in [0.25, 0.3) is 0 Å². The fourth-order valence-electron chi connectivity index (χ4n) is 3.27. The number of nitrogens with zero attached hydrogens (tertiary/aromatic N) is 2. The Labute approximate surface area is 154 Å². The van der Waals surface area contributed by atoms with E-state index in [1.807, 2.05) is 26.1 Å². The van der Waals surface area contributed by atoms with Gasteiger partial charge in [0, 0.05) is 24.2 Å². The lowest BCUT2D eigenvalue weighted by molar-refractivity contribution is -0.155. The van der Waals surface area contributed by atoms with Gasteiger partial charge < -0.3 is 19.5 Å². The summed E-state index contributed by atoms with van der Waals surface area (Å²) in [6, 6.07) is 0.724. The number of hydrogen-bond donors (Lipinski definition) is 1. The predicted molar refractivity (Wildman–Crippen MR) is 98.5 cm³/mol. The molecule has 7 heteroatoms. The minimum atomic E-state index is -0.709. The standard InChI is InChI=1S/C19H29N3O4/c1-12(2)16(18(24)25-6)22(11-23)17(13-7-8-20-10-13)14-9-15(21-26-14)19(3,4)5/h7-8,10-12,14,16-17,20H,9H2,1-6H3/t14?,16-,17?/m0/s1. The van der Waals surface area contributed by atoms with Gasteiger partial charge in [0.15, 0.2) is 6.10 Å². The Bertz CT molecular complexity index is 646. The zero-order chi connectivity index (χ0) is 19.5. The van der Waals surface area contributed by atoms with Crippen LogP contribution in [0.3, 0.4) is 0 Å². The first-order valence-corrected chi connectivity index (χ1v) is 8.87. The second kappa shape index (κ2) is 7.93. The quantitative estimate of drug-likeness (QED) is 0.596. The lowest BCUT2D eigenvalue weighted by atomic mass is 9.85. The van der Waals surface area contributed by atoms with Crippen LogP contribution in [0, 0.1) is 11.3 Å². The van der Waals surface area contributed by atoms with Gasteiger partial charge in [0.1, 0.15) is 6.04 Å². The van der Waals surface area contributed by atoms with E-state index in [9.17, 15) is 9.59 Å². The van der Waals surface area contributed by atoms with Crippen LogP contribution in [0.4, 0.5) is 0 Å². The predicted octanol–water partition coefficient (Wildman–Crippen LogP) is 2.90. The van der Waals surface area contributed by atoms with Crippen molar-refractivity contribution in [3.8, 4) is 0 Å². The van der Waals surface area contributed by atoms with Crippen LogP contribution in [-0.2, 0) is 19.2 Å². The van der Waals surface area contributed by atoms with Crippen molar-refractivity contribution in [3.05, 3.63) is 24.0 Å². The molecule has 0 aliphatic carbocycles. The third-order valence-corrected chi connectivity index (χ3v) is 4.71. The summed E-state index contributed by atoms with van der Waals surface area (Å²) in [5.74, 6) is -0.555. The van der Waals surface area contributed by atoms with E-state index in [2.05, 4.69) is 30.9 Å². The smallest absolute Gasteiger partial charge is 0.328 e. The topological polar surface area (TPSA) is 84.0 Å². The Kier molecular flexibility index (Phi) is 6.10.